The van der Waals surface area contributed by atoms with E-state index < -0.39 is 6.04 Å². The van der Waals surface area contributed by atoms with E-state index in [0.717, 1.165) is 16.9 Å². The van der Waals surface area contributed by atoms with E-state index >= 15 is 0 Å². The van der Waals surface area contributed by atoms with Crippen molar-refractivity contribution in [1.82, 2.24) is 10.3 Å². The Balaban J connectivity index is 1.56. The van der Waals surface area contributed by atoms with Crippen molar-refractivity contribution < 1.29 is 23.8 Å². The third-order valence-electron chi connectivity index (χ3n) is 4.87. The second kappa shape index (κ2) is 12.1. The van der Waals surface area contributed by atoms with Crippen molar-refractivity contribution in [3.8, 4) is 17.2 Å². The Morgan fingerprint density at radius 2 is 1.71 bits per heavy atom. The Morgan fingerprint density at radius 1 is 0.971 bits per heavy atom. The molecule has 0 spiro atoms. The molecule has 1 heterocycles. The molecule has 0 fully saturated rings. The lowest BCUT2D eigenvalue weighted by Crippen LogP contribution is -2.40. The third-order valence-corrected chi connectivity index (χ3v) is 4.87. The molecule has 1 atom stereocenters. The first kappa shape index (κ1) is 24.3. The molecule has 3 rings (SSSR count). The van der Waals surface area contributed by atoms with E-state index in [0.29, 0.717) is 23.8 Å². The summed E-state index contributed by atoms with van der Waals surface area (Å²) in [5, 5.41) is 5.44. The van der Waals surface area contributed by atoms with Crippen LogP contribution in [0.2, 0.25) is 0 Å². The maximum atomic E-state index is 12.6. The van der Waals surface area contributed by atoms with Crippen LogP contribution in [0.4, 0.5) is 5.69 Å². The van der Waals surface area contributed by atoms with Gasteiger partial charge in [-0.25, -0.2) is 0 Å². The number of methoxy groups -OCH3 is 2. The van der Waals surface area contributed by atoms with Crippen LogP contribution in [0.15, 0.2) is 73.1 Å². The van der Waals surface area contributed by atoms with Gasteiger partial charge in [0.15, 0.2) is 11.5 Å². The van der Waals surface area contributed by atoms with Crippen LogP contribution < -0.4 is 24.8 Å². The molecule has 3 aromatic rings. The topological polar surface area (TPSA) is 98.8 Å². The molecule has 176 valence electrons. The summed E-state index contributed by atoms with van der Waals surface area (Å²) in [6.45, 7) is 1.93. The standard InChI is InChI=1S/C26H27N3O5/c1-18(28-25(30)11-6-19-4-8-22(32-2)9-5-19)26(31)29-21-7-10-23(33-3)24(16-21)34-17-20-12-14-27-15-13-20/h4-16,18H,17H2,1-3H3,(H,28,30)(H,29,31)/b11-6+. The smallest absolute Gasteiger partial charge is 0.246 e. The lowest BCUT2D eigenvalue weighted by molar-refractivity contribution is -0.123. The highest BCUT2D eigenvalue weighted by atomic mass is 16.5. The van der Waals surface area contributed by atoms with E-state index in [-0.39, 0.29) is 11.8 Å². The van der Waals surface area contributed by atoms with Gasteiger partial charge in [0, 0.05) is 30.2 Å². The summed E-state index contributed by atoms with van der Waals surface area (Å²) in [6, 6.07) is 15.3. The monoisotopic (exact) mass is 461 g/mol. The van der Waals surface area contributed by atoms with Crippen molar-refractivity contribution in [2.24, 2.45) is 0 Å². The molecule has 1 aromatic heterocycles. The van der Waals surface area contributed by atoms with Crippen LogP contribution in [0, 0.1) is 0 Å². The van der Waals surface area contributed by atoms with Gasteiger partial charge in [0.2, 0.25) is 11.8 Å². The number of aromatic nitrogens is 1. The molecule has 1 unspecified atom stereocenters. The first-order valence-corrected chi connectivity index (χ1v) is 10.6. The molecule has 2 aromatic carbocycles. The van der Waals surface area contributed by atoms with Crippen LogP contribution in [0.3, 0.4) is 0 Å². The zero-order valence-corrected chi connectivity index (χ0v) is 19.3. The second-order valence-electron chi connectivity index (χ2n) is 7.34. The number of amides is 2. The van der Waals surface area contributed by atoms with Crippen molar-refractivity contribution in [2.75, 3.05) is 19.5 Å². The average molecular weight is 462 g/mol. The summed E-state index contributed by atoms with van der Waals surface area (Å²) in [6.07, 6.45) is 6.42. The minimum atomic E-state index is -0.753. The summed E-state index contributed by atoms with van der Waals surface area (Å²) < 4.78 is 16.3. The van der Waals surface area contributed by atoms with Gasteiger partial charge in [0.05, 0.1) is 14.2 Å². The lowest BCUT2D eigenvalue weighted by Gasteiger charge is -2.15. The van der Waals surface area contributed by atoms with Gasteiger partial charge in [-0.3, -0.25) is 14.6 Å². The predicted octanol–water partition coefficient (Wildman–Crippen LogP) is 3.83. The van der Waals surface area contributed by atoms with Gasteiger partial charge >= 0.3 is 0 Å². The minimum absolute atomic E-state index is 0.323. The molecule has 34 heavy (non-hydrogen) atoms. The number of pyridine rings is 1. The molecule has 0 bridgehead atoms. The van der Waals surface area contributed by atoms with E-state index in [9.17, 15) is 9.59 Å². The van der Waals surface area contributed by atoms with Crippen LogP contribution in [0.1, 0.15) is 18.1 Å². The van der Waals surface area contributed by atoms with Crippen LogP contribution in [0.5, 0.6) is 17.2 Å². The fraction of sp³-hybridized carbons (Fsp3) is 0.192. The first-order chi connectivity index (χ1) is 16.5. The highest BCUT2D eigenvalue weighted by Crippen LogP contribution is 2.31. The van der Waals surface area contributed by atoms with Gasteiger partial charge in [-0.2, -0.15) is 0 Å². The number of nitrogens with one attached hydrogen (secondary N) is 2. The highest BCUT2D eigenvalue weighted by molar-refractivity contribution is 6.00. The van der Waals surface area contributed by atoms with E-state index in [1.54, 1.807) is 69.9 Å². The number of carbonyl (C=O) groups is 2. The Hall–Kier alpha value is -4.33. The number of rotatable bonds is 10. The summed E-state index contributed by atoms with van der Waals surface area (Å²) in [5.41, 5.74) is 2.31. The molecule has 2 amide bonds. The van der Waals surface area contributed by atoms with Gasteiger partial charge < -0.3 is 24.8 Å². The average Bonchev–Trinajstić information content (AvgIpc) is 2.87. The Labute approximate surface area is 198 Å². The minimum Gasteiger partial charge on any atom is -0.497 e. The molecule has 0 saturated heterocycles. The quantitative estimate of drug-likeness (QED) is 0.445. The normalized spacial score (nSPS) is 11.5. The number of ether oxygens (including phenoxy) is 3. The molecule has 0 aliphatic rings. The Bertz CT molecular complexity index is 1130. The maximum absolute atomic E-state index is 12.6. The van der Waals surface area contributed by atoms with Gasteiger partial charge in [-0.15, -0.1) is 0 Å². The molecular weight excluding hydrogens is 434 g/mol. The predicted molar refractivity (Wildman–Crippen MR) is 130 cm³/mol. The van der Waals surface area contributed by atoms with Gasteiger partial charge in [-0.1, -0.05) is 12.1 Å². The van der Waals surface area contributed by atoms with Crippen molar-refractivity contribution in [2.45, 2.75) is 19.6 Å². The summed E-state index contributed by atoms with van der Waals surface area (Å²) in [7, 11) is 3.14. The van der Waals surface area contributed by atoms with Crippen molar-refractivity contribution in [3.63, 3.8) is 0 Å². The van der Waals surface area contributed by atoms with E-state index in [1.165, 1.54) is 6.08 Å². The Morgan fingerprint density at radius 3 is 2.38 bits per heavy atom. The summed E-state index contributed by atoms with van der Waals surface area (Å²) in [4.78, 5) is 28.8. The number of nitrogens with zero attached hydrogens (tertiary/aromatic N) is 1. The maximum Gasteiger partial charge on any atom is 0.246 e. The van der Waals surface area contributed by atoms with Gasteiger partial charge in [0.25, 0.3) is 0 Å². The molecule has 0 aliphatic heterocycles. The summed E-state index contributed by atoms with van der Waals surface area (Å²) in [5.74, 6) is 1.01. The molecule has 0 saturated carbocycles. The zero-order valence-electron chi connectivity index (χ0n) is 19.3. The number of anilines is 1. The van der Waals surface area contributed by atoms with Crippen molar-refractivity contribution in [1.29, 1.82) is 0 Å². The van der Waals surface area contributed by atoms with Crippen LogP contribution in [-0.2, 0) is 16.2 Å². The first-order valence-electron chi connectivity index (χ1n) is 10.6. The van der Waals surface area contributed by atoms with Crippen LogP contribution in [0.25, 0.3) is 6.08 Å². The number of hydrogen-bond donors (Lipinski definition) is 2. The SMILES string of the molecule is COc1ccc(/C=C/C(=O)NC(C)C(=O)Nc2ccc(OC)c(OCc3ccncc3)c2)cc1. The molecule has 8 heteroatoms. The molecule has 8 nitrogen and oxygen atoms in total. The van der Waals surface area contributed by atoms with Crippen molar-refractivity contribution in [3.05, 3.63) is 84.2 Å². The fourth-order valence-electron chi connectivity index (χ4n) is 2.97. The van der Waals surface area contributed by atoms with E-state index in [2.05, 4.69) is 15.6 Å². The molecule has 2 N–H and O–H groups in total. The van der Waals surface area contributed by atoms with Crippen LogP contribution in [-0.4, -0.2) is 37.1 Å². The number of benzene rings is 2. The van der Waals surface area contributed by atoms with Gasteiger partial charge in [0.1, 0.15) is 18.4 Å². The van der Waals surface area contributed by atoms with Crippen LogP contribution >= 0.6 is 0 Å². The third kappa shape index (κ3) is 7.09. The largest absolute Gasteiger partial charge is 0.497 e. The summed E-state index contributed by atoms with van der Waals surface area (Å²) >= 11 is 0. The highest BCUT2D eigenvalue weighted by Gasteiger charge is 2.16. The zero-order chi connectivity index (χ0) is 24.3. The number of hydrogen-bond acceptors (Lipinski definition) is 6. The second-order valence-corrected chi connectivity index (χ2v) is 7.34. The van der Waals surface area contributed by atoms with E-state index in [4.69, 9.17) is 14.2 Å². The molecule has 0 radical (unpaired) electrons. The van der Waals surface area contributed by atoms with E-state index in [1.807, 2.05) is 24.3 Å². The van der Waals surface area contributed by atoms with Gasteiger partial charge in [-0.05, 0) is 60.5 Å². The molecular formula is C26H27N3O5. The van der Waals surface area contributed by atoms with Crippen molar-refractivity contribution >= 4 is 23.6 Å². The lowest BCUT2D eigenvalue weighted by atomic mass is 10.2. The number of carbonyl (C=O) groups excluding carboxylic acids is 2. The Kier molecular flexibility index (Phi) is 8.62. The fourth-order valence-corrected chi connectivity index (χ4v) is 2.97. The molecule has 0 aliphatic carbocycles.